The summed E-state index contributed by atoms with van der Waals surface area (Å²) in [6, 6.07) is 4.70. The van der Waals surface area contributed by atoms with Crippen LogP contribution in [0.2, 0.25) is 0 Å². The van der Waals surface area contributed by atoms with Gasteiger partial charge in [0.05, 0.1) is 4.92 Å². The maximum Gasteiger partial charge on any atom is 0.270 e. The number of nitro groups is 1. The first-order valence-corrected chi connectivity index (χ1v) is 7.70. The van der Waals surface area contributed by atoms with Gasteiger partial charge in [0.2, 0.25) is 5.79 Å². The molecule has 0 aromatic heterocycles. The van der Waals surface area contributed by atoms with Crippen molar-refractivity contribution in [2.75, 3.05) is 38.1 Å². The van der Waals surface area contributed by atoms with Gasteiger partial charge in [0.15, 0.2) is 0 Å². The molecule has 128 valence electrons. The second-order valence-electron chi connectivity index (χ2n) is 6.03. The number of amidine groups is 1. The number of non-ortho nitro benzene ring substituents is 1. The first kappa shape index (κ1) is 16.2. The van der Waals surface area contributed by atoms with E-state index in [2.05, 4.69) is 27.2 Å². The van der Waals surface area contributed by atoms with Crippen molar-refractivity contribution in [2.24, 2.45) is 16.5 Å². The van der Waals surface area contributed by atoms with Crippen LogP contribution in [0.1, 0.15) is 5.56 Å². The van der Waals surface area contributed by atoms with Crippen molar-refractivity contribution < 1.29 is 4.92 Å². The average molecular weight is 331 g/mol. The smallest absolute Gasteiger partial charge is 0.270 e. The van der Waals surface area contributed by atoms with E-state index in [0.29, 0.717) is 5.56 Å². The van der Waals surface area contributed by atoms with E-state index in [1.165, 1.54) is 12.1 Å². The number of benzene rings is 1. The molecule has 9 nitrogen and oxygen atoms in total. The minimum atomic E-state index is -1.33. The van der Waals surface area contributed by atoms with Crippen molar-refractivity contribution in [3.63, 3.8) is 0 Å². The van der Waals surface area contributed by atoms with Crippen LogP contribution < -0.4 is 21.7 Å². The highest BCUT2D eigenvalue weighted by Crippen LogP contribution is 2.33. The first-order chi connectivity index (χ1) is 11.4. The van der Waals surface area contributed by atoms with E-state index >= 15 is 0 Å². The van der Waals surface area contributed by atoms with Crippen LogP contribution >= 0.6 is 0 Å². The van der Waals surface area contributed by atoms with Gasteiger partial charge in [0.25, 0.3) is 5.69 Å². The molecular formula is C15H21N7O2. The van der Waals surface area contributed by atoms with Crippen LogP contribution in [0.3, 0.4) is 0 Å². The molecule has 0 bridgehead atoms. The van der Waals surface area contributed by atoms with Gasteiger partial charge in [-0.05, 0) is 19.2 Å². The zero-order chi connectivity index (χ0) is 17.3. The molecule has 2 heterocycles. The van der Waals surface area contributed by atoms with Crippen LogP contribution in [0, 0.1) is 10.1 Å². The zero-order valence-electron chi connectivity index (χ0n) is 13.5. The number of piperazine rings is 1. The molecular weight excluding hydrogens is 310 g/mol. The van der Waals surface area contributed by atoms with E-state index in [4.69, 9.17) is 11.5 Å². The Morgan fingerprint density at radius 3 is 2.67 bits per heavy atom. The van der Waals surface area contributed by atoms with Gasteiger partial charge in [-0.25, -0.2) is 4.99 Å². The number of rotatable bonds is 3. The van der Waals surface area contributed by atoms with Crippen LogP contribution in [0.5, 0.6) is 0 Å². The van der Waals surface area contributed by atoms with E-state index in [-0.39, 0.29) is 11.5 Å². The summed E-state index contributed by atoms with van der Waals surface area (Å²) in [7, 11) is 2.07. The Kier molecular flexibility index (Phi) is 4.12. The van der Waals surface area contributed by atoms with Crippen LogP contribution in [0.25, 0.3) is 0 Å². The molecule has 0 aliphatic carbocycles. The van der Waals surface area contributed by atoms with Gasteiger partial charge in [-0.3, -0.25) is 15.8 Å². The number of nitrogens with zero attached hydrogens (tertiary/aromatic N) is 4. The standard InChI is InChI=1S/C15H21N7O2/c1-20-6-8-21(9-7-20)13-3-2-11(22(23)24)10-12(13)15(17)18-5-4-14(16)19-15/h2-5,10,18H,6-9,17H2,1H3,(H2,16,19). The van der Waals surface area contributed by atoms with Crippen LogP contribution in [0.4, 0.5) is 11.4 Å². The molecule has 2 aliphatic rings. The number of anilines is 1. The molecule has 1 aromatic carbocycles. The van der Waals surface area contributed by atoms with Gasteiger partial charge in [0.1, 0.15) is 5.84 Å². The van der Waals surface area contributed by atoms with Crippen LogP contribution in [-0.4, -0.2) is 48.9 Å². The number of hydrogen-bond acceptors (Lipinski definition) is 8. The van der Waals surface area contributed by atoms with E-state index in [0.717, 1.165) is 31.9 Å². The monoisotopic (exact) mass is 331 g/mol. The molecule has 2 aliphatic heterocycles. The topological polar surface area (TPSA) is 126 Å². The zero-order valence-corrected chi connectivity index (χ0v) is 13.5. The lowest BCUT2D eigenvalue weighted by atomic mass is 10.0. The van der Waals surface area contributed by atoms with Gasteiger partial charge >= 0.3 is 0 Å². The summed E-state index contributed by atoms with van der Waals surface area (Å²) in [6.45, 7) is 3.44. The Morgan fingerprint density at radius 2 is 2.04 bits per heavy atom. The van der Waals surface area contributed by atoms with Crippen molar-refractivity contribution >= 4 is 17.2 Å². The maximum absolute atomic E-state index is 11.2. The molecule has 1 fully saturated rings. The lowest BCUT2D eigenvalue weighted by Crippen LogP contribution is -2.51. The Morgan fingerprint density at radius 1 is 1.33 bits per heavy atom. The summed E-state index contributed by atoms with van der Waals surface area (Å²) >= 11 is 0. The normalized spacial score (nSPS) is 24.4. The molecule has 0 saturated carbocycles. The van der Waals surface area contributed by atoms with Crippen molar-refractivity contribution in [1.82, 2.24) is 10.2 Å². The first-order valence-electron chi connectivity index (χ1n) is 7.70. The highest BCUT2D eigenvalue weighted by atomic mass is 16.6. The third kappa shape index (κ3) is 3.03. The summed E-state index contributed by atoms with van der Waals surface area (Å²) in [5.41, 5.74) is 13.5. The van der Waals surface area contributed by atoms with Crippen molar-refractivity contribution in [3.8, 4) is 0 Å². The van der Waals surface area contributed by atoms with Crippen molar-refractivity contribution in [2.45, 2.75) is 5.79 Å². The number of nitrogens with two attached hydrogens (primary N) is 2. The molecule has 24 heavy (non-hydrogen) atoms. The Balaban J connectivity index is 2.06. The Bertz CT molecular complexity index is 710. The largest absolute Gasteiger partial charge is 0.384 e. The molecule has 9 heteroatoms. The second kappa shape index (κ2) is 6.10. The number of likely N-dealkylation sites (N-methyl/N-ethyl adjacent to an activating group) is 1. The SMILES string of the molecule is CN1CCN(c2ccc([N+](=O)[O-])cc2C2(N)N=C(N)C=CN2)CC1. The van der Waals surface area contributed by atoms with Crippen LogP contribution in [0.15, 0.2) is 35.5 Å². The number of nitro benzene ring substituents is 1. The molecule has 1 unspecified atom stereocenters. The summed E-state index contributed by atoms with van der Waals surface area (Å²) in [5.74, 6) is -1.06. The molecule has 0 spiro atoms. The summed E-state index contributed by atoms with van der Waals surface area (Å²) in [6.07, 6.45) is 3.20. The molecule has 0 radical (unpaired) electrons. The van der Waals surface area contributed by atoms with Gasteiger partial charge in [-0.15, -0.1) is 0 Å². The fourth-order valence-electron chi connectivity index (χ4n) is 2.93. The molecule has 1 saturated heterocycles. The highest BCUT2D eigenvalue weighted by Gasteiger charge is 2.33. The summed E-state index contributed by atoms with van der Waals surface area (Å²) in [5, 5.41) is 14.2. The number of aliphatic imine (C=N–C) groups is 1. The van der Waals surface area contributed by atoms with Gasteiger partial charge in [-0.2, -0.15) is 0 Å². The fourth-order valence-corrected chi connectivity index (χ4v) is 2.93. The van der Waals surface area contributed by atoms with Crippen LogP contribution in [-0.2, 0) is 5.79 Å². The Labute approximate surface area is 139 Å². The third-order valence-corrected chi connectivity index (χ3v) is 4.31. The van der Waals surface area contributed by atoms with E-state index < -0.39 is 10.7 Å². The lowest BCUT2D eigenvalue weighted by molar-refractivity contribution is -0.385. The third-order valence-electron chi connectivity index (χ3n) is 4.31. The predicted molar refractivity (Wildman–Crippen MR) is 92.6 cm³/mol. The predicted octanol–water partition coefficient (Wildman–Crippen LogP) is -0.110. The maximum atomic E-state index is 11.2. The fraction of sp³-hybridized carbons (Fsp3) is 0.400. The van der Waals surface area contributed by atoms with Gasteiger partial charge in [0, 0.05) is 55.8 Å². The summed E-state index contributed by atoms with van der Waals surface area (Å²) < 4.78 is 0. The molecule has 3 rings (SSSR count). The van der Waals surface area contributed by atoms with E-state index in [9.17, 15) is 10.1 Å². The summed E-state index contributed by atoms with van der Waals surface area (Å²) in [4.78, 5) is 19.4. The minimum Gasteiger partial charge on any atom is -0.384 e. The highest BCUT2D eigenvalue weighted by molar-refractivity contribution is 5.92. The number of hydrogen-bond donors (Lipinski definition) is 3. The molecule has 1 aromatic rings. The van der Waals surface area contributed by atoms with E-state index in [1.807, 2.05) is 0 Å². The van der Waals surface area contributed by atoms with Crippen molar-refractivity contribution in [3.05, 3.63) is 46.2 Å². The van der Waals surface area contributed by atoms with Gasteiger partial charge in [-0.1, -0.05) is 0 Å². The molecule has 0 amide bonds. The lowest BCUT2D eigenvalue weighted by Gasteiger charge is -2.38. The van der Waals surface area contributed by atoms with Gasteiger partial charge < -0.3 is 20.9 Å². The van der Waals surface area contributed by atoms with E-state index in [1.54, 1.807) is 18.3 Å². The number of nitrogens with one attached hydrogen (secondary N) is 1. The minimum absolute atomic E-state index is 0.0298. The average Bonchev–Trinajstić information content (AvgIpc) is 2.55. The molecule has 1 atom stereocenters. The second-order valence-corrected chi connectivity index (χ2v) is 6.03. The Hall–Kier alpha value is -2.65. The quantitative estimate of drug-likeness (QED) is 0.521. The van der Waals surface area contributed by atoms with Crippen molar-refractivity contribution in [1.29, 1.82) is 0 Å². The molecule has 5 N–H and O–H groups in total.